The number of hydrogen-bond donors (Lipinski definition) is 1. The van der Waals surface area contributed by atoms with E-state index >= 15 is 0 Å². The second kappa shape index (κ2) is 3.91. The molecule has 14 heavy (non-hydrogen) atoms. The summed E-state index contributed by atoms with van der Waals surface area (Å²) in [5, 5.41) is 8.86. The number of fused-ring (bicyclic) bond motifs is 1. The van der Waals surface area contributed by atoms with Crippen molar-refractivity contribution in [2.75, 3.05) is 6.61 Å². The Bertz CT molecular complexity index is 349. The van der Waals surface area contributed by atoms with Gasteiger partial charge in [0.15, 0.2) is 0 Å². The third-order valence-electron chi connectivity index (χ3n) is 2.41. The van der Waals surface area contributed by atoms with Gasteiger partial charge in [-0.1, -0.05) is 6.07 Å². The molecule has 1 N–H and O–H groups in total. The van der Waals surface area contributed by atoms with Crippen LogP contribution in [0.3, 0.4) is 0 Å². The first-order chi connectivity index (χ1) is 6.70. The zero-order valence-electron chi connectivity index (χ0n) is 8.09. The lowest BCUT2D eigenvalue weighted by atomic mass is 10.1. The molecule has 0 aromatic heterocycles. The minimum Gasteiger partial charge on any atom is -0.489 e. The summed E-state index contributed by atoms with van der Waals surface area (Å²) in [5.74, 6) is 0.971. The van der Waals surface area contributed by atoms with E-state index in [9.17, 15) is 0 Å². The van der Waals surface area contributed by atoms with Crippen LogP contribution in [0.25, 0.3) is 0 Å². The van der Waals surface area contributed by atoms with Gasteiger partial charge in [-0.05, 0) is 46.5 Å². The molecule has 0 bridgehead atoms. The molecule has 0 aliphatic carbocycles. The molecular weight excluding hydrogens is 244 g/mol. The van der Waals surface area contributed by atoms with E-state index in [4.69, 9.17) is 9.84 Å². The predicted octanol–water partition coefficient (Wildman–Crippen LogP) is 2.31. The Morgan fingerprint density at radius 3 is 3.07 bits per heavy atom. The first-order valence-corrected chi connectivity index (χ1v) is 5.59. The van der Waals surface area contributed by atoms with E-state index in [2.05, 4.69) is 28.9 Å². The van der Waals surface area contributed by atoms with Gasteiger partial charge in [-0.2, -0.15) is 0 Å². The van der Waals surface area contributed by atoms with Crippen molar-refractivity contribution in [3.8, 4) is 5.75 Å². The van der Waals surface area contributed by atoms with Crippen LogP contribution < -0.4 is 4.74 Å². The van der Waals surface area contributed by atoms with Crippen LogP contribution in [0, 0.1) is 0 Å². The zero-order chi connectivity index (χ0) is 10.1. The van der Waals surface area contributed by atoms with Crippen LogP contribution >= 0.6 is 15.9 Å². The molecule has 0 fully saturated rings. The standard InChI is InChI=1S/C11H13BrO2/c1-7-4-9-5-8(2-3-13)6-10(12)11(9)14-7/h5-7,13H,2-4H2,1H3. The maximum atomic E-state index is 8.86. The van der Waals surface area contributed by atoms with E-state index in [0.717, 1.165) is 22.2 Å². The van der Waals surface area contributed by atoms with E-state index in [0.29, 0.717) is 6.42 Å². The number of hydrogen-bond acceptors (Lipinski definition) is 2. The highest BCUT2D eigenvalue weighted by Gasteiger charge is 2.21. The van der Waals surface area contributed by atoms with E-state index in [-0.39, 0.29) is 12.7 Å². The summed E-state index contributed by atoms with van der Waals surface area (Å²) >= 11 is 3.49. The Kier molecular flexibility index (Phi) is 2.79. The average molecular weight is 257 g/mol. The Hall–Kier alpha value is -0.540. The molecule has 0 saturated heterocycles. The molecule has 0 spiro atoms. The molecule has 1 heterocycles. The van der Waals surface area contributed by atoms with Crippen LogP contribution in [0.1, 0.15) is 18.1 Å². The van der Waals surface area contributed by atoms with Crippen molar-refractivity contribution < 1.29 is 9.84 Å². The minimum atomic E-state index is 0.196. The fourth-order valence-corrected chi connectivity index (χ4v) is 2.46. The van der Waals surface area contributed by atoms with Gasteiger partial charge in [-0.3, -0.25) is 0 Å². The first-order valence-electron chi connectivity index (χ1n) is 4.79. The van der Waals surface area contributed by atoms with Gasteiger partial charge in [0.05, 0.1) is 4.47 Å². The lowest BCUT2D eigenvalue weighted by Gasteiger charge is -2.06. The highest BCUT2D eigenvalue weighted by Crippen LogP contribution is 2.37. The molecule has 1 aromatic carbocycles. The topological polar surface area (TPSA) is 29.5 Å². The zero-order valence-corrected chi connectivity index (χ0v) is 9.67. The van der Waals surface area contributed by atoms with E-state index in [1.165, 1.54) is 5.56 Å². The third-order valence-corrected chi connectivity index (χ3v) is 3.00. The summed E-state index contributed by atoms with van der Waals surface area (Å²) in [6.45, 7) is 2.26. The Labute approximate surface area is 92.0 Å². The largest absolute Gasteiger partial charge is 0.489 e. The Morgan fingerprint density at radius 2 is 2.36 bits per heavy atom. The molecule has 3 heteroatoms. The van der Waals surface area contributed by atoms with Crippen LogP contribution in [-0.2, 0) is 12.8 Å². The maximum absolute atomic E-state index is 8.86. The highest BCUT2D eigenvalue weighted by molar-refractivity contribution is 9.10. The number of aliphatic hydroxyl groups excluding tert-OH is 1. The highest BCUT2D eigenvalue weighted by atomic mass is 79.9. The molecule has 1 aliphatic heterocycles. The van der Waals surface area contributed by atoms with Crippen LogP contribution in [0.15, 0.2) is 16.6 Å². The van der Waals surface area contributed by atoms with Gasteiger partial charge in [0.1, 0.15) is 11.9 Å². The van der Waals surface area contributed by atoms with Gasteiger partial charge in [0, 0.05) is 13.0 Å². The van der Waals surface area contributed by atoms with Crippen molar-refractivity contribution in [1.29, 1.82) is 0 Å². The van der Waals surface area contributed by atoms with Gasteiger partial charge < -0.3 is 9.84 Å². The Morgan fingerprint density at radius 1 is 1.57 bits per heavy atom. The molecule has 1 aromatic rings. The number of halogens is 1. The molecule has 2 rings (SSSR count). The SMILES string of the molecule is CC1Cc2cc(CCO)cc(Br)c2O1. The maximum Gasteiger partial charge on any atom is 0.137 e. The van der Waals surface area contributed by atoms with Crippen LogP contribution in [0.2, 0.25) is 0 Å². The molecule has 0 radical (unpaired) electrons. The van der Waals surface area contributed by atoms with E-state index in [1.807, 2.05) is 6.07 Å². The number of benzene rings is 1. The van der Waals surface area contributed by atoms with Gasteiger partial charge in [0.25, 0.3) is 0 Å². The quantitative estimate of drug-likeness (QED) is 0.880. The lowest BCUT2D eigenvalue weighted by Crippen LogP contribution is -2.05. The minimum absolute atomic E-state index is 0.196. The van der Waals surface area contributed by atoms with Gasteiger partial charge in [0.2, 0.25) is 0 Å². The fraction of sp³-hybridized carbons (Fsp3) is 0.455. The van der Waals surface area contributed by atoms with Gasteiger partial charge in [-0.25, -0.2) is 0 Å². The average Bonchev–Trinajstić information content (AvgIpc) is 2.47. The second-order valence-corrected chi connectivity index (χ2v) is 4.53. The molecule has 2 nitrogen and oxygen atoms in total. The van der Waals surface area contributed by atoms with Crippen molar-refractivity contribution in [2.45, 2.75) is 25.9 Å². The monoisotopic (exact) mass is 256 g/mol. The second-order valence-electron chi connectivity index (χ2n) is 3.67. The van der Waals surface area contributed by atoms with Crippen molar-refractivity contribution >= 4 is 15.9 Å². The summed E-state index contributed by atoms with van der Waals surface area (Å²) in [6.07, 6.45) is 1.94. The number of aliphatic hydroxyl groups is 1. The third kappa shape index (κ3) is 1.79. The smallest absolute Gasteiger partial charge is 0.137 e. The van der Waals surface area contributed by atoms with Crippen LogP contribution in [0.4, 0.5) is 0 Å². The van der Waals surface area contributed by atoms with Gasteiger partial charge >= 0.3 is 0 Å². The number of rotatable bonds is 2. The molecular formula is C11H13BrO2. The van der Waals surface area contributed by atoms with Crippen LogP contribution in [0.5, 0.6) is 5.75 Å². The van der Waals surface area contributed by atoms with Crippen molar-refractivity contribution in [1.82, 2.24) is 0 Å². The summed E-state index contributed by atoms with van der Waals surface area (Å²) in [6, 6.07) is 4.15. The first kappa shape index (κ1) is 9.99. The molecule has 1 unspecified atom stereocenters. The van der Waals surface area contributed by atoms with Crippen LogP contribution in [-0.4, -0.2) is 17.8 Å². The molecule has 1 atom stereocenters. The predicted molar refractivity (Wildman–Crippen MR) is 58.7 cm³/mol. The molecule has 0 amide bonds. The van der Waals surface area contributed by atoms with Gasteiger partial charge in [-0.15, -0.1) is 0 Å². The van der Waals surface area contributed by atoms with Crippen molar-refractivity contribution in [3.63, 3.8) is 0 Å². The summed E-state index contributed by atoms with van der Waals surface area (Å²) in [4.78, 5) is 0. The van der Waals surface area contributed by atoms with E-state index < -0.39 is 0 Å². The van der Waals surface area contributed by atoms with E-state index in [1.54, 1.807) is 0 Å². The van der Waals surface area contributed by atoms with Crippen molar-refractivity contribution in [3.05, 3.63) is 27.7 Å². The number of ether oxygens (including phenoxy) is 1. The molecule has 1 aliphatic rings. The summed E-state index contributed by atoms with van der Waals surface area (Å²) < 4.78 is 6.66. The van der Waals surface area contributed by atoms with Crippen molar-refractivity contribution in [2.24, 2.45) is 0 Å². The normalized spacial score (nSPS) is 19.2. The summed E-state index contributed by atoms with van der Waals surface area (Å²) in [7, 11) is 0. The molecule has 0 saturated carbocycles. The fourth-order valence-electron chi connectivity index (χ4n) is 1.82. The summed E-state index contributed by atoms with van der Waals surface area (Å²) in [5.41, 5.74) is 2.41. The molecule has 76 valence electrons. The lowest BCUT2D eigenvalue weighted by molar-refractivity contribution is 0.253. The Balaban J connectivity index is 2.36.